The van der Waals surface area contributed by atoms with Gasteiger partial charge >= 0.3 is 0 Å². The molecule has 1 N–H and O–H groups in total. The van der Waals surface area contributed by atoms with E-state index in [1.165, 1.54) is 22.5 Å². The van der Waals surface area contributed by atoms with E-state index >= 15 is 0 Å². The molecule has 1 aliphatic rings. The summed E-state index contributed by atoms with van der Waals surface area (Å²) in [6.07, 6.45) is 1.78. The second-order valence-electron chi connectivity index (χ2n) is 4.45. The highest BCUT2D eigenvalue weighted by Gasteiger charge is 2.29. The van der Waals surface area contributed by atoms with Crippen molar-refractivity contribution in [2.75, 3.05) is 20.1 Å². The van der Waals surface area contributed by atoms with Crippen molar-refractivity contribution in [1.29, 1.82) is 0 Å². The van der Waals surface area contributed by atoms with E-state index < -0.39 is 15.8 Å². The van der Waals surface area contributed by atoms with E-state index in [1.54, 1.807) is 0 Å². The lowest BCUT2D eigenvalue weighted by Gasteiger charge is -2.31. The third-order valence-electron chi connectivity index (χ3n) is 3.23. The SMILES string of the molecule is CNC1CCCN(S(=O)(=O)c2cccc(F)c2)C1.Cl. The molecule has 0 radical (unpaired) electrons. The highest BCUT2D eigenvalue weighted by molar-refractivity contribution is 7.89. The number of halogens is 2. The summed E-state index contributed by atoms with van der Waals surface area (Å²) in [6, 6.07) is 5.33. The van der Waals surface area contributed by atoms with Gasteiger partial charge in [0.15, 0.2) is 0 Å². The molecule has 0 aliphatic carbocycles. The minimum atomic E-state index is -3.57. The van der Waals surface area contributed by atoms with Gasteiger partial charge in [-0.3, -0.25) is 0 Å². The number of benzene rings is 1. The lowest BCUT2D eigenvalue weighted by atomic mass is 10.1. The molecule has 19 heavy (non-hydrogen) atoms. The molecule has 0 bridgehead atoms. The summed E-state index contributed by atoms with van der Waals surface area (Å²) in [6.45, 7) is 0.937. The van der Waals surface area contributed by atoms with Crippen LogP contribution in [0.2, 0.25) is 0 Å². The van der Waals surface area contributed by atoms with E-state index in [9.17, 15) is 12.8 Å². The van der Waals surface area contributed by atoms with Gasteiger partial charge in [0.1, 0.15) is 5.82 Å². The molecule has 1 aromatic rings. The molecule has 1 aliphatic heterocycles. The van der Waals surface area contributed by atoms with Gasteiger partial charge in [0.25, 0.3) is 0 Å². The molecule has 2 rings (SSSR count). The van der Waals surface area contributed by atoms with Crippen LogP contribution >= 0.6 is 12.4 Å². The molecule has 1 unspecified atom stereocenters. The van der Waals surface area contributed by atoms with Gasteiger partial charge < -0.3 is 5.32 Å². The summed E-state index contributed by atoms with van der Waals surface area (Å²) in [5.74, 6) is -0.529. The van der Waals surface area contributed by atoms with Crippen LogP contribution in [-0.4, -0.2) is 38.9 Å². The van der Waals surface area contributed by atoms with E-state index in [0.29, 0.717) is 13.1 Å². The van der Waals surface area contributed by atoms with Crippen molar-refractivity contribution < 1.29 is 12.8 Å². The van der Waals surface area contributed by atoms with E-state index in [2.05, 4.69) is 5.32 Å². The van der Waals surface area contributed by atoms with Gasteiger partial charge in [-0.25, -0.2) is 12.8 Å². The van der Waals surface area contributed by atoms with Crippen molar-refractivity contribution in [2.24, 2.45) is 0 Å². The topological polar surface area (TPSA) is 49.4 Å². The Hall–Kier alpha value is -0.690. The largest absolute Gasteiger partial charge is 0.316 e. The molecular weight excluding hydrogens is 291 g/mol. The van der Waals surface area contributed by atoms with Crippen LogP contribution in [0, 0.1) is 5.82 Å². The van der Waals surface area contributed by atoms with Gasteiger partial charge in [-0.15, -0.1) is 12.4 Å². The fraction of sp³-hybridized carbons (Fsp3) is 0.500. The Bertz CT molecular complexity index is 524. The second kappa shape index (κ2) is 6.65. The number of likely N-dealkylation sites (N-methyl/N-ethyl adjacent to an activating group) is 1. The quantitative estimate of drug-likeness (QED) is 0.923. The summed E-state index contributed by atoms with van der Waals surface area (Å²) >= 11 is 0. The molecule has 0 saturated carbocycles. The van der Waals surface area contributed by atoms with E-state index in [1.807, 2.05) is 7.05 Å². The summed E-state index contributed by atoms with van der Waals surface area (Å²) in [4.78, 5) is 0.0271. The fourth-order valence-corrected chi connectivity index (χ4v) is 3.73. The number of rotatable bonds is 3. The van der Waals surface area contributed by atoms with Crippen LogP contribution in [0.25, 0.3) is 0 Å². The van der Waals surface area contributed by atoms with Crippen LogP contribution in [0.3, 0.4) is 0 Å². The zero-order chi connectivity index (χ0) is 13.2. The third-order valence-corrected chi connectivity index (χ3v) is 5.09. The summed E-state index contributed by atoms with van der Waals surface area (Å²) in [5.41, 5.74) is 0. The van der Waals surface area contributed by atoms with Gasteiger partial charge in [-0.2, -0.15) is 4.31 Å². The van der Waals surface area contributed by atoms with Gasteiger partial charge in [-0.05, 0) is 38.1 Å². The van der Waals surface area contributed by atoms with Crippen molar-refractivity contribution >= 4 is 22.4 Å². The Morgan fingerprint density at radius 2 is 2.16 bits per heavy atom. The van der Waals surface area contributed by atoms with Crippen LogP contribution in [0.5, 0.6) is 0 Å². The molecule has 1 atom stereocenters. The van der Waals surface area contributed by atoms with Gasteiger partial charge in [-0.1, -0.05) is 6.07 Å². The van der Waals surface area contributed by atoms with Gasteiger partial charge in [0.05, 0.1) is 4.90 Å². The van der Waals surface area contributed by atoms with E-state index in [4.69, 9.17) is 0 Å². The predicted octanol–water partition coefficient (Wildman–Crippen LogP) is 1.62. The minimum absolute atomic E-state index is 0. The lowest BCUT2D eigenvalue weighted by molar-refractivity contribution is 0.293. The number of hydrogen-bond donors (Lipinski definition) is 1. The first-order chi connectivity index (χ1) is 8.54. The molecular formula is C12H18ClFN2O2S. The Labute approximate surface area is 119 Å². The standard InChI is InChI=1S/C12H17FN2O2S.ClH/c1-14-11-5-3-7-15(9-11)18(16,17)12-6-2-4-10(13)8-12;/h2,4,6,8,11,14H,3,5,7,9H2,1H3;1H. The van der Waals surface area contributed by atoms with Gasteiger partial charge in [0, 0.05) is 19.1 Å². The molecule has 1 fully saturated rings. The van der Waals surface area contributed by atoms with Gasteiger partial charge in [0.2, 0.25) is 10.0 Å². The molecule has 1 heterocycles. The average Bonchev–Trinajstić information content (AvgIpc) is 2.39. The van der Waals surface area contributed by atoms with Crippen LogP contribution in [0.15, 0.2) is 29.2 Å². The number of sulfonamides is 1. The number of piperidine rings is 1. The number of nitrogens with zero attached hydrogens (tertiary/aromatic N) is 1. The van der Waals surface area contributed by atoms with Crippen molar-refractivity contribution in [3.8, 4) is 0 Å². The highest BCUT2D eigenvalue weighted by atomic mass is 35.5. The van der Waals surface area contributed by atoms with Crippen molar-refractivity contribution in [3.05, 3.63) is 30.1 Å². The third kappa shape index (κ3) is 3.66. The first-order valence-corrected chi connectivity index (χ1v) is 7.41. The summed E-state index contributed by atoms with van der Waals surface area (Å²) in [7, 11) is -1.75. The molecule has 0 spiro atoms. The molecule has 1 saturated heterocycles. The predicted molar refractivity (Wildman–Crippen MR) is 74.5 cm³/mol. The van der Waals surface area contributed by atoms with Crippen LogP contribution in [0.4, 0.5) is 4.39 Å². The first-order valence-electron chi connectivity index (χ1n) is 5.97. The lowest BCUT2D eigenvalue weighted by Crippen LogP contribution is -2.46. The molecule has 0 aromatic heterocycles. The molecule has 108 valence electrons. The number of hydrogen-bond acceptors (Lipinski definition) is 3. The zero-order valence-electron chi connectivity index (χ0n) is 10.7. The van der Waals surface area contributed by atoms with E-state index in [0.717, 1.165) is 18.9 Å². The smallest absolute Gasteiger partial charge is 0.243 e. The normalized spacial score (nSPS) is 20.8. The summed E-state index contributed by atoms with van der Waals surface area (Å²) in [5, 5.41) is 3.09. The molecule has 1 aromatic carbocycles. The fourth-order valence-electron chi connectivity index (χ4n) is 2.17. The zero-order valence-corrected chi connectivity index (χ0v) is 12.3. The maximum atomic E-state index is 13.1. The number of nitrogens with one attached hydrogen (secondary N) is 1. The Morgan fingerprint density at radius 3 is 2.79 bits per heavy atom. The summed E-state index contributed by atoms with van der Waals surface area (Å²) < 4.78 is 39.2. The monoisotopic (exact) mass is 308 g/mol. The minimum Gasteiger partial charge on any atom is -0.316 e. The average molecular weight is 309 g/mol. The first kappa shape index (κ1) is 16.4. The van der Waals surface area contributed by atoms with Crippen molar-refractivity contribution in [1.82, 2.24) is 9.62 Å². The molecule has 0 amide bonds. The van der Waals surface area contributed by atoms with Crippen LogP contribution in [0.1, 0.15) is 12.8 Å². The maximum Gasteiger partial charge on any atom is 0.243 e. The second-order valence-corrected chi connectivity index (χ2v) is 6.39. The van der Waals surface area contributed by atoms with Crippen LogP contribution in [-0.2, 0) is 10.0 Å². The van der Waals surface area contributed by atoms with E-state index in [-0.39, 0.29) is 23.3 Å². The van der Waals surface area contributed by atoms with Crippen molar-refractivity contribution in [2.45, 2.75) is 23.8 Å². The Balaban J connectivity index is 0.00000180. The Morgan fingerprint density at radius 1 is 1.42 bits per heavy atom. The molecule has 7 heteroatoms. The maximum absolute atomic E-state index is 13.1. The highest BCUT2D eigenvalue weighted by Crippen LogP contribution is 2.21. The van der Waals surface area contributed by atoms with Crippen LogP contribution < -0.4 is 5.32 Å². The molecule has 4 nitrogen and oxygen atoms in total. The van der Waals surface area contributed by atoms with Crippen molar-refractivity contribution in [3.63, 3.8) is 0 Å². The Kier molecular flexibility index (Phi) is 5.73.